The molecule has 0 aromatic heterocycles. The average Bonchev–Trinajstić information content (AvgIpc) is 2.29. The SMILES string of the molecule is C[C@@H](N)C(=O)N1CCNCCNCCNCC1. The molecule has 0 aromatic rings. The molecule has 0 aromatic carbocycles. The van der Waals surface area contributed by atoms with E-state index in [2.05, 4.69) is 16.0 Å². The monoisotopic (exact) mass is 243 g/mol. The average molecular weight is 243 g/mol. The zero-order valence-corrected chi connectivity index (χ0v) is 10.7. The molecule has 1 atom stereocenters. The zero-order chi connectivity index (χ0) is 12.5. The van der Waals surface area contributed by atoms with E-state index in [-0.39, 0.29) is 5.91 Å². The van der Waals surface area contributed by atoms with Crippen molar-refractivity contribution in [2.45, 2.75) is 13.0 Å². The number of rotatable bonds is 1. The van der Waals surface area contributed by atoms with Gasteiger partial charge in [-0.2, -0.15) is 0 Å². The van der Waals surface area contributed by atoms with Crippen molar-refractivity contribution in [2.24, 2.45) is 5.73 Å². The molecule has 0 unspecified atom stereocenters. The van der Waals surface area contributed by atoms with E-state index in [0.29, 0.717) is 0 Å². The van der Waals surface area contributed by atoms with Crippen LogP contribution in [0.15, 0.2) is 0 Å². The molecule has 0 bridgehead atoms. The molecule has 1 saturated heterocycles. The van der Waals surface area contributed by atoms with Crippen LogP contribution in [0.25, 0.3) is 0 Å². The molecule has 5 N–H and O–H groups in total. The molecule has 0 radical (unpaired) electrons. The minimum atomic E-state index is -0.412. The molecule has 1 heterocycles. The van der Waals surface area contributed by atoms with E-state index in [9.17, 15) is 4.79 Å². The second-order valence-electron chi connectivity index (χ2n) is 4.36. The summed E-state index contributed by atoms with van der Waals surface area (Å²) in [4.78, 5) is 13.7. The Morgan fingerprint density at radius 3 is 1.82 bits per heavy atom. The summed E-state index contributed by atoms with van der Waals surface area (Å²) >= 11 is 0. The van der Waals surface area contributed by atoms with Crippen LogP contribution in [-0.2, 0) is 4.79 Å². The molecular formula is C11H25N5O. The molecule has 1 fully saturated rings. The van der Waals surface area contributed by atoms with Crippen molar-refractivity contribution in [2.75, 3.05) is 52.4 Å². The largest absolute Gasteiger partial charge is 0.339 e. The van der Waals surface area contributed by atoms with Gasteiger partial charge in [-0.3, -0.25) is 4.79 Å². The first-order chi connectivity index (χ1) is 8.22. The van der Waals surface area contributed by atoms with Gasteiger partial charge in [0, 0.05) is 52.4 Å². The third-order valence-corrected chi connectivity index (χ3v) is 2.78. The van der Waals surface area contributed by atoms with Crippen molar-refractivity contribution in [3.63, 3.8) is 0 Å². The summed E-state index contributed by atoms with van der Waals surface area (Å²) in [5.41, 5.74) is 5.64. The highest BCUT2D eigenvalue weighted by Gasteiger charge is 2.16. The molecule has 1 aliphatic heterocycles. The number of amides is 1. The maximum atomic E-state index is 11.8. The van der Waals surface area contributed by atoms with Crippen LogP contribution in [0.3, 0.4) is 0 Å². The number of nitrogens with zero attached hydrogens (tertiary/aromatic N) is 1. The normalized spacial score (nSPS) is 22.4. The lowest BCUT2D eigenvalue weighted by molar-refractivity contribution is -0.132. The van der Waals surface area contributed by atoms with Gasteiger partial charge in [0.2, 0.25) is 5.91 Å². The third-order valence-electron chi connectivity index (χ3n) is 2.78. The highest BCUT2D eigenvalue weighted by molar-refractivity contribution is 5.81. The Bertz CT molecular complexity index is 210. The van der Waals surface area contributed by atoms with Crippen LogP contribution in [0.2, 0.25) is 0 Å². The van der Waals surface area contributed by atoms with Crippen molar-refractivity contribution in [3.8, 4) is 0 Å². The highest BCUT2D eigenvalue weighted by atomic mass is 16.2. The Morgan fingerprint density at radius 1 is 1.00 bits per heavy atom. The quantitative estimate of drug-likeness (QED) is 0.426. The van der Waals surface area contributed by atoms with Crippen molar-refractivity contribution in [3.05, 3.63) is 0 Å². The minimum Gasteiger partial charge on any atom is -0.339 e. The summed E-state index contributed by atoms with van der Waals surface area (Å²) in [5.74, 6) is 0.0313. The first-order valence-corrected chi connectivity index (χ1v) is 6.38. The Kier molecular flexibility index (Phi) is 7.11. The van der Waals surface area contributed by atoms with Gasteiger partial charge < -0.3 is 26.6 Å². The summed E-state index contributed by atoms with van der Waals surface area (Å²) in [7, 11) is 0. The predicted molar refractivity (Wildman–Crippen MR) is 68.8 cm³/mol. The second-order valence-corrected chi connectivity index (χ2v) is 4.36. The molecule has 0 aliphatic carbocycles. The summed E-state index contributed by atoms with van der Waals surface area (Å²) in [5, 5.41) is 9.95. The van der Waals surface area contributed by atoms with Crippen molar-refractivity contribution in [1.82, 2.24) is 20.9 Å². The minimum absolute atomic E-state index is 0.0313. The van der Waals surface area contributed by atoms with Gasteiger partial charge in [0.05, 0.1) is 6.04 Å². The maximum Gasteiger partial charge on any atom is 0.239 e. The molecule has 100 valence electrons. The number of carbonyl (C=O) groups is 1. The van der Waals surface area contributed by atoms with E-state index in [1.165, 1.54) is 0 Å². The third kappa shape index (κ3) is 5.97. The van der Waals surface area contributed by atoms with E-state index in [4.69, 9.17) is 5.73 Å². The molecule has 6 heteroatoms. The summed E-state index contributed by atoms with van der Waals surface area (Å²) in [6, 6.07) is -0.412. The summed E-state index contributed by atoms with van der Waals surface area (Å²) < 4.78 is 0. The van der Waals surface area contributed by atoms with Gasteiger partial charge in [-0.1, -0.05) is 0 Å². The van der Waals surface area contributed by atoms with E-state index in [1.54, 1.807) is 6.92 Å². The van der Waals surface area contributed by atoms with Gasteiger partial charge in [-0.15, -0.1) is 0 Å². The molecule has 6 nitrogen and oxygen atoms in total. The second kappa shape index (κ2) is 8.41. The van der Waals surface area contributed by atoms with Gasteiger partial charge in [0.1, 0.15) is 0 Å². The fourth-order valence-electron chi connectivity index (χ4n) is 1.78. The van der Waals surface area contributed by atoms with E-state index < -0.39 is 6.04 Å². The summed E-state index contributed by atoms with van der Waals surface area (Å²) in [6.07, 6.45) is 0. The van der Waals surface area contributed by atoms with E-state index >= 15 is 0 Å². The Balaban J connectivity index is 2.39. The zero-order valence-electron chi connectivity index (χ0n) is 10.7. The van der Waals surface area contributed by atoms with Crippen molar-refractivity contribution >= 4 is 5.91 Å². The van der Waals surface area contributed by atoms with Crippen LogP contribution in [0, 0.1) is 0 Å². The van der Waals surface area contributed by atoms with Crippen LogP contribution in [-0.4, -0.2) is 69.2 Å². The fraction of sp³-hybridized carbons (Fsp3) is 0.909. The van der Waals surface area contributed by atoms with Gasteiger partial charge in [0.15, 0.2) is 0 Å². The van der Waals surface area contributed by atoms with Crippen molar-refractivity contribution < 1.29 is 4.79 Å². The fourth-order valence-corrected chi connectivity index (χ4v) is 1.78. The molecule has 0 saturated carbocycles. The number of hydrogen-bond donors (Lipinski definition) is 4. The van der Waals surface area contributed by atoms with Gasteiger partial charge in [-0.25, -0.2) is 0 Å². The smallest absolute Gasteiger partial charge is 0.239 e. The number of carbonyl (C=O) groups excluding carboxylic acids is 1. The molecule has 1 amide bonds. The number of hydrogen-bond acceptors (Lipinski definition) is 5. The van der Waals surface area contributed by atoms with E-state index in [0.717, 1.165) is 52.4 Å². The van der Waals surface area contributed by atoms with Crippen LogP contribution in [0.1, 0.15) is 6.92 Å². The van der Waals surface area contributed by atoms with Crippen LogP contribution < -0.4 is 21.7 Å². The predicted octanol–water partition coefficient (Wildman–Crippen LogP) is -2.06. The Hall–Kier alpha value is -0.690. The summed E-state index contributed by atoms with van der Waals surface area (Å²) in [6.45, 7) is 8.61. The van der Waals surface area contributed by atoms with Gasteiger partial charge >= 0.3 is 0 Å². The maximum absolute atomic E-state index is 11.8. The topological polar surface area (TPSA) is 82.4 Å². The number of nitrogens with two attached hydrogens (primary N) is 1. The molecular weight excluding hydrogens is 218 g/mol. The standard InChI is InChI=1S/C11H25N5O/c1-10(12)11(17)16-8-6-14-4-2-13-3-5-15-7-9-16/h10,13-15H,2-9,12H2,1H3/t10-/m1/s1. The van der Waals surface area contributed by atoms with Crippen LogP contribution in [0.4, 0.5) is 0 Å². The molecule has 1 aliphatic rings. The lowest BCUT2D eigenvalue weighted by atomic mass is 10.3. The van der Waals surface area contributed by atoms with Crippen LogP contribution in [0.5, 0.6) is 0 Å². The van der Waals surface area contributed by atoms with E-state index in [1.807, 2.05) is 4.90 Å². The van der Waals surface area contributed by atoms with Gasteiger partial charge in [-0.05, 0) is 6.92 Å². The molecule has 17 heavy (non-hydrogen) atoms. The van der Waals surface area contributed by atoms with Crippen LogP contribution >= 0.6 is 0 Å². The lowest BCUT2D eigenvalue weighted by Gasteiger charge is -2.25. The Labute approximate surface area is 103 Å². The lowest BCUT2D eigenvalue weighted by Crippen LogP contribution is -2.48. The van der Waals surface area contributed by atoms with Crippen molar-refractivity contribution in [1.29, 1.82) is 0 Å². The van der Waals surface area contributed by atoms with Gasteiger partial charge in [0.25, 0.3) is 0 Å². The molecule has 1 rings (SSSR count). The first kappa shape index (κ1) is 14.4. The molecule has 0 spiro atoms. The first-order valence-electron chi connectivity index (χ1n) is 6.38. The Morgan fingerprint density at radius 2 is 1.41 bits per heavy atom. The number of nitrogens with one attached hydrogen (secondary N) is 3. The highest BCUT2D eigenvalue weighted by Crippen LogP contribution is 1.92.